The van der Waals surface area contributed by atoms with Crippen LogP contribution in [0.2, 0.25) is 0 Å². The maximum absolute atomic E-state index is 2.37. The lowest BCUT2D eigenvalue weighted by Gasteiger charge is -2.19. The first-order valence-corrected chi connectivity index (χ1v) is 19.4. The predicted octanol–water partition coefficient (Wildman–Crippen LogP) is 8.74. The van der Waals surface area contributed by atoms with E-state index in [9.17, 15) is 0 Å². The number of nitrogens with two attached hydrogens (primary N) is 1. The molecule has 0 bridgehead atoms. The Kier molecular flexibility index (Phi) is 18.1. The monoisotopic (exact) mass is 656 g/mol. The third-order valence-corrected chi connectivity index (χ3v) is 10.5. The summed E-state index contributed by atoms with van der Waals surface area (Å²) in [5.41, 5.74) is 7.49. The lowest BCUT2D eigenvalue weighted by Crippen LogP contribution is -2.77. The number of aromatic nitrogens is 1. The number of rotatable bonds is 21. The molecular formula is C40H56N4S2+2. The fourth-order valence-electron chi connectivity index (χ4n) is 4.81. The number of hydrogen-bond donors (Lipinski definition) is 1. The minimum atomic E-state index is 1.00. The van der Waals surface area contributed by atoms with Crippen molar-refractivity contribution in [3.05, 3.63) is 120 Å². The molecule has 0 fully saturated rings. The van der Waals surface area contributed by atoms with E-state index >= 15 is 0 Å². The number of benzene rings is 2. The lowest BCUT2D eigenvalue weighted by atomic mass is 10.1. The summed E-state index contributed by atoms with van der Waals surface area (Å²) >= 11 is 0. The van der Waals surface area contributed by atoms with E-state index in [1.54, 1.807) is 0 Å². The number of hydrogen-bond acceptors (Lipinski definition) is 4. The first-order chi connectivity index (χ1) is 22.5. The van der Waals surface area contributed by atoms with Gasteiger partial charge < -0.3 is 15.1 Å². The number of unbranched alkanes of at least 4 members (excludes halogenated alkanes) is 2. The summed E-state index contributed by atoms with van der Waals surface area (Å²) in [6, 6.07) is 22.1. The Morgan fingerprint density at radius 3 is 1.65 bits per heavy atom. The summed E-state index contributed by atoms with van der Waals surface area (Å²) in [6.07, 6.45) is 24.4. The molecule has 0 amide bonds. The highest BCUT2D eigenvalue weighted by Crippen LogP contribution is 2.25. The summed E-state index contributed by atoms with van der Waals surface area (Å²) in [7, 11) is 8.48. The maximum atomic E-state index is 2.37. The summed E-state index contributed by atoms with van der Waals surface area (Å²) < 4.78 is 2.18. The average molecular weight is 657 g/mol. The second-order valence-corrected chi connectivity index (χ2v) is 14.2. The molecule has 4 nitrogen and oxygen atoms in total. The number of allylic oxidation sites excluding steroid dienone is 4. The Labute approximate surface area is 287 Å². The molecule has 246 valence electrons. The van der Waals surface area contributed by atoms with Crippen molar-refractivity contribution in [2.75, 3.05) is 55.0 Å². The van der Waals surface area contributed by atoms with Gasteiger partial charge in [-0.1, -0.05) is 76.2 Å². The fourth-order valence-corrected chi connectivity index (χ4v) is 7.11. The minimum Gasteiger partial charge on any atom is -0.375 e. The standard InChI is InChI=1S/C40H55N4S2/c1-6-35(25-28-41-7-2)13-14-36-17-21-39(22-18-36)42(4)29-9-11-33-45-46-34-12-10-30-43(5)40-23-19-37(20-24-40)15-16-38-26-31-44(8-3)32-27-38/h6,13-28,31-32,41H,7-12,29-30,33-34H2,1-5H3/q+1/p+1/b14-13+,28-25-,35-6-. The molecule has 2 aromatic carbocycles. The molecule has 1 heterocycles. The van der Waals surface area contributed by atoms with Crippen LogP contribution in [0.5, 0.6) is 0 Å². The van der Waals surface area contributed by atoms with Crippen LogP contribution in [0.15, 0.2) is 103 Å². The number of quaternary nitrogens is 1. The Hall–Kier alpha value is -3.19. The molecule has 0 saturated heterocycles. The van der Waals surface area contributed by atoms with Crippen LogP contribution in [-0.2, 0) is 6.54 Å². The summed E-state index contributed by atoms with van der Waals surface area (Å²) in [4.78, 5) is 4.75. The molecule has 3 aromatic rings. The molecule has 0 atom stereocenters. The van der Waals surface area contributed by atoms with Crippen molar-refractivity contribution in [1.29, 1.82) is 0 Å². The molecule has 3 rings (SSSR count). The molecule has 0 radical (unpaired) electrons. The van der Waals surface area contributed by atoms with Gasteiger partial charge in [0.2, 0.25) is 0 Å². The molecule has 0 unspecified atom stereocenters. The second-order valence-electron chi connectivity index (χ2n) is 11.5. The Bertz CT molecular complexity index is 1360. The third-order valence-electron chi connectivity index (χ3n) is 7.91. The van der Waals surface area contributed by atoms with Gasteiger partial charge in [-0.25, -0.2) is 4.57 Å². The number of pyridine rings is 1. The number of nitrogens with zero attached hydrogens (tertiary/aromatic N) is 3. The van der Waals surface area contributed by atoms with E-state index in [0.717, 1.165) is 26.2 Å². The van der Waals surface area contributed by atoms with E-state index in [0.29, 0.717) is 0 Å². The zero-order chi connectivity index (χ0) is 32.8. The van der Waals surface area contributed by atoms with Crippen molar-refractivity contribution < 1.29 is 9.88 Å². The smallest absolute Gasteiger partial charge is 0.169 e. The highest BCUT2D eigenvalue weighted by Gasteiger charge is 2.03. The zero-order valence-corrected chi connectivity index (χ0v) is 30.4. The van der Waals surface area contributed by atoms with Gasteiger partial charge in [0.25, 0.3) is 0 Å². The van der Waals surface area contributed by atoms with Crippen LogP contribution in [0, 0.1) is 0 Å². The van der Waals surface area contributed by atoms with Crippen LogP contribution in [0.25, 0.3) is 18.2 Å². The molecule has 0 aliphatic carbocycles. The van der Waals surface area contributed by atoms with Crippen LogP contribution >= 0.6 is 21.6 Å². The van der Waals surface area contributed by atoms with Gasteiger partial charge in [0.05, 0.1) is 12.7 Å². The molecule has 0 saturated carbocycles. The van der Waals surface area contributed by atoms with Crippen LogP contribution in [0.3, 0.4) is 0 Å². The predicted molar refractivity (Wildman–Crippen MR) is 208 cm³/mol. The molecule has 0 spiro atoms. The lowest BCUT2D eigenvalue weighted by molar-refractivity contribution is -0.693. The van der Waals surface area contributed by atoms with Gasteiger partial charge in [-0.3, -0.25) is 0 Å². The quantitative estimate of drug-likeness (QED) is 0.0537. The largest absolute Gasteiger partial charge is 0.375 e. The molecule has 1 aromatic heterocycles. The summed E-state index contributed by atoms with van der Waals surface area (Å²) in [5, 5.41) is 2.18. The van der Waals surface area contributed by atoms with Crippen LogP contribution in [0.1, 0.15) is 63.1 Å². The van der Waals surface area contributed by atoms with Crippen molar-refractivity contribution in [3.63, 3.8) is 0 Å². The second kappa shape index (κ2) is 22.4. The average Bonchev–Trinajstić information content (AvgIpc) is 3.10. The normalized spacial score (nSPS) is 12.2. The first-order valence-electron chi connectivity index (χ1n) is 16.9. The first kappa shape index (κ1) is 37.3. The van der Waals surface area contributed by atoms with Gasteiger partial charge >= 0.3 is 0 Å². The SMILES string of the molecule is C/C=C(\C=C/[NH2+]CC)/C=C/c1ccc(N(C)CCCCSSCCCCN(C)c2ccc(/C=C/c3cc[n+](CC)cc3)cc2)cc1. The van der Waals surface area contributed by atoms with Crippen molar-refractivity contribution in [2.24, 2.45) is 0 Å². The molecule has 0 aliphatic rings. The van der Waals surface area contributed by atoms with E-state index in [1.807, 2.05) is 21.6 Å². The molecule has 6 heteroatoms. The maximum Gasteiger partial charge on any atom is 0.169 e. The van der Waals surface area contributed by atoms with Crippen molar-refractivity contribution in [2.45, 2.75) is 53.0 Å². The highest BCUT2D eigenvalue weighted by molar-refractivity contribution is 8.76. The number of anilines is 2. The van der Waals surface area contributed by atoms with Gasteiger partial charge in [0.1, 0.15) is 6.54 Å². The van der Waals surface area contributed by atoms with E-state index < -0.39 is 0 Å². The van der Waals surface area contributed by atoms with Gasteiger partial charge in [0.15, 0.2) is 12.4 Å². The molecule has 2 N–H and O–H groups in total. The van der Waals surface area contributed by atoms with Crippen LogP contribution < -0.4 is 19.7 Å². The molecule has 46 heavy (non-hydrogen) atoms. The molecule has 0 aliphatic heterocycles. The summed E-state index contributed by atoms with van der Waals surface area (Å²) in [5.74, 6) is 2.45. The van der Waals surface area contributed by atoms with Gasteiger partial charge in [-0.2, -0.15) is 0 Å². The fraction of sp³-hybridized carbons (Fsp3) is 0.375. The summed E-state index contributed by atoms with van der Waals surface area (Å²) in [6.45, 7) is 10.6. The van der Waals surface area contributed by atoms with Crippen molar-refractivity contribution in [1.82, 2.24) is 0 Å². The van der Waals surface area contributed by atoms with Crippen molar-refractivity contribution >= 4 is 51.2 Å². The van der Waals surface area contributed by atoms with Crippen LogP contribution in [-0.4, -0.2) is 45.2 Å². The van der Waals surface area contributed by atoms with Gasteiger partial charge in [0, 0.05) is 62.2 Å². The van der Waals surface area contributed by atoms with E-state index in [1.165, 1.54) is 70.8 Å². The Morgan fingerprint density at radius 1 is 0.674 bits per heavy atom. The minimum absolute atomic E-state index is 1.00. The van der Waals surface area contributed by atoms with E-state index in [2.05, 4.69) is 170 Å². The Balaban J connectivity index is 1.22. The number of aryl methyl sites for hydroxylation is 1. The van der Waals surface area contributed by atoms with E-state index in [4.69, 9.17) is 0 Å². The van der Waals surface area contributed by atoms with Gasteiger partial charge in [-0.05, 0) is 99.1 Å². The van der Waals surface area contributed by atoms with E-state index in [-0.39, 0.29) is 0 Å². The molecular weight excluding hydrogens is 601 g/mol. The van der Waals surface area contributed by atoms with Crippen molar-refractivity contribution in [3.8, 4) is 0 Å². The Morgan fingerprint density at radius 2 is 1.17 bits per heavy atom. The topological polar surface area (TPSA) is 27.0 Å². The third kappa shape index (κ3) is 14.5. The highest BCUT2D eigenvalue weighted by atomic mass is 33.1. The van der Waals surface area contributed by atoms with Gasteiger partial charge in [-0.15, -0.1) is 0 Å². The zero-order valence-electron chi connectivity index (χ0n) is 28.8. The van der Waals surface area contributed by atoms with Crippen LogP contribution in [0.4, 0.5) is 11.4 Å².